The van der Waals surface area contributed by atoms with Gasteiger partial charge in [-0.05, 0) is 24.3 Å². The smallest absolute Gasteiger partial charge is 0.240 e. The lowest BCUT2D eigenvalue weighted by Gasteiger charge is -2.27. The largest absolute Gasteiger partial charge is 0.376 e. The summed E-state index contributed by atoms with van der Waals surface area (Å²) in [4.78, 5) is 15.3. The van der Waals surface area contributed by atoms with Gasteiger partial charge in [0.2, 0.25) is 5.91 Å². The maximum atomic E-state index is 12.4. The summed E-state index contributed by atoms with van der Waals surface area (Å²) < 4.78 is 5.62. The molecule has 2 unspecified atom stereocenters. The predicted octanol–water partition coefficient (Wildman–Crippen LogP) is 1.61. The van der Waals surface area contributed by atoms with Crippen LogP contribution in [0.15, 0.2) is 17.5 Å². The summed E-state index contributed by atoms with van der Waals surface area (Å²) in [5.41, 5.74) is 5.86. The number of terminal acetylenes is 1. The fraction of sp³-hybridized carbons (Fsp3) is 0.533. The Kier molecular flexibility index (Phi) is 5.60. The van der Waals surface area contributed by atoms with Crippen LogP contribution >= 0.6 is 11.3 Å². The van der Waals surface area contributed by atoms with Crippen LogP contribution in [0.2, 0.25) is 0 Å². The van der Waals surface area contributed by atoms with Gasteiger partial charge in [0.25, 0.3) is 0 Å². The third-order valence-electron chi connectivity index (χ3n) is 3.34. The lowest BCUT2D eigenvalue weighted by molar-refractivity contribution is -0.134. The predicted molar refractivity (Wildman–Crippen MR) is 80.1 cm³/mol. The minimum Gasteiger partial charge on any atom is -0.376 e. The molecule has 0 saturated carbocycles. The Balaban J connectivity index is 2.02. The maximum absolute atomic E-state index is 12.4. The molecule has 1 aromatic heterocycles. The second-order valence-electron chi connectivity index (χ2n) is 4.95. The quantitative estimate of drug-likeness (QED) is 0.810. The molecule has 1 aromatic rings. The molecule has 0 bridgehead atoms. The molecule has 0 aromatic carbocycles. The van der Waals surface area contributed by atoms with E-state index in [1.807, 2.05) is 17.5 Å². The molecule has 108 valence electrons. The van der Waals surface area contributed by atoms with E-state index >= 15 is 0 Å². The van der Waals surface area contributed by atoms with E-state index in [-0.39, 0.29) is 18.4 Å². The number of amides is 1. The van der Waals surface area contributed by atoms with Crippen molar-refractivity contribution in [1.82, 2.24) is 4.90 Å². The van der Waals surface area contributed by atoms with E-state index in [2.05, 4.69) is 5.92 Å². The van der Waals surface area contributed by atoms with Crippen molar-refractivity contribution in [2.24, 2.45) is 5.73 Å². The average Bonchev–Trinajstić information content (AvgIpc) is 3.10. The van der Waals surface area contributed by atoms with Crippen molar-refractivity contribution in [2.45, 2.75) is 38.0 Å². The van der Waals surface area contributed by atoms with Crippen LogP contribution in [0.5, 0.6) is 0 Å². The third kappa shape index (κ3) is 4.07. The monoisotopic (exact) mass is 292 g/mol. The molecule has 1 aliphatic heterocycles. The zero-order chi connectivity index (χ0) is 14.4. The Labute approximate surface area is 123 Å². The molecule has 4 nitrogen and oxygen atoms in total. The molecule has 1 amide bonds. The van der Waals surface area contributed by atoms with Crippen molar-refractivity contribution in [2.75, 3.05) is 13.2 Å². The number of ether oxygens (including phenoxy) is 1. The number of hydrogen-bond acceptors (Lipinski definition) is 4. The Morgan fingerprint density at radius 1 is 1.70 bits per heavy atom. The Morgan fingerprint density at radius 3 is 3.15 bits per heavy atom. The first-order valence-electron chi connectivity index (χ1n) is 6.82. The summed E-state index contributed by atoms with van der Waals surface area (Å²) in [6.07, 6.45) is 7.69. The normalized spacial score (nSPS) is 19.5. The molecular weight excluding hydrogens is 272 g/mol. The Hall–Kier alpha value is -1.35. The summed E-state index contributed by atoms with van der Waals surface area (Å²) in [5, 5.41) is 2.01. The second-order valence-corrected chi connectivity index (χ2v) is 5.98. The van der Waals surface area contributed by atoms with Crippen molar-refractivity contribution >= 4 is 17.2 Å². The highest BCUT2D eigenvalue weighted by Gasteiger charge is 2.26. The molecule has 2 N–H and O–H groups in total. The van der Waals surface area contributed by atoms with Gasteiger partial charge >= 0.3 is 0 Å². The summed E-state index contributed by atoms with van der Waals surface area (Å²) >= 11 is 1.64. The molecule has 20 heavy (non-hydrogen) atoms. The van der Waals surface area contributed by atoms with Gasteiger partial charge in [0.1, 0.15) is 0 Å². The molecule has 1 saturated heterocycles. The van der Waals surface area contributed by atoms with E-state index < -0.39 is 6.04 Å². The first-order valence-corrected chi connectivity index (χ1v) is 7.70. The Bertz CT molecular complexity index is 461. The van der Waals surface area contributed by atoms with Crippen molar-refractivity contribution in [1.29, 1.82) is 0 Å². The first-order chi connectivity index (χ1) is 9.70. The summed E-state index contributed by atoms with van der Waals surface area (Å²) in [6.45, 7) is 1.95. The van der Waals surface area contributed by atoms with Gasteiger partial charge in [0, 0.05) is 24.4 Å². The number of rotatable bonds is 6. The molecule has 0 spiro atoms. The zero-order valence-corrected chi connectivity index (χ0v) is 12.3. The zero-order valence-electron chi connectivity index (χ0n) is 11.5. The number of carbonyl (C=O) groups is 1. The van der Waals surface area contributed by atoms with Gasteiger partial charge in [-0.3, -0.25) is 4.79 Å². The molecule has 1 fully saturated rings. The van der Waals surface area contributed by atoms with Crippen molar-refractivity contribution < 1.29 is 9.53 Å². The molecule has 5 heteroatoms. The summed E-state index contributed by atoms with van der Waals surface area (Å²) in [7, 11) is 0. The van der Waals surface area contributed by atoms with Crippen LogP contribution in [0.25, 0.3) is 0 Å². The van der Waals surface area contributed by atoms with Crippen LogP contribution in [0, 0.1) is 12.3 Å². The molecular formula is C15H20N2O2S. The van der Waals surface area contributed by atoms with Crippen LogP contribution < -0.4 is 5.73 Å². The summed E-state index contributed by atoms with van der Waals surface area (Å²) in [6, 6.07) is 3.38. The number of nitrogens with two attached hydrogens (primary N) is 1. The van der Waals surface area contributed by atoms with Gasteiger partial charge in [-0.25, -0.2) is 0 Å². The lowest BCUT2D eigenvalue weighted by Crippen LogP contribution is -2.46. The highest BCUT2D eigenvalue weighted by atomic mass is 32.1. The van der Waals surface area contributed by atoms with Crippen LogP contribution in [-0.4, -0.2) is 36.1 Å². The molecule has 2 heterocycles. The van der Waals surface area contributed by atoms with Gasteiger partial charge in [-0.1, -0.05) is 6.07 Å². The minimum absolute atomic E-state index is 0.0909. The van der Waals surface area contributed by atoms with Crippen molar-refractivity contribution in [3.63, 3.8) is 0 Å². The number of carbonyl (C=O) groups excluding carboxylic acids is 1. The van der Waals surface area contributed by atoms with Crippen LogP contribution in [0.3, 0.4) is 0 Å². The molecule has 2 rings (SSSR count). The van der Waals surface area contributed by atoms with Crippen molar-refractivity contribution in [3.8, 4) is 12.3 Å². The number of thiophene rings is 1. The van der Waals surface area contributed by atoms with Crippen molar-refractivity contribution in [3.05, 3.63) is 22.4 Å². The third-order valence-corrected chi connectivity index (χ3v) is 4.20. The van der Waals surface area contributed by atoms with E-state index in [9.17, 15) is 4.79 Å². The topological polar surface area (TPSA) is 55.6 Å². The Morgan fingerprint density at radius 2 is 2.55 bits per heavy atom. The average molecular weight is 292 g/mol. The standard InChI is InChI=1S/C15H20N2O2S/c1-2-5-14(16)15(18)17(10-12-6-3-8-19-12)11-13-7-4-9-20-13/h1,4,7,9,12,14H,3,5-6,8,10-11,16H2. The fourth-order valence-corrected chi connectivity index (χ4v) is 3.03. The van der Waals surface area contributed by atoms with E-state index in [0.29, 0.717) is 13.1 Å². The van der Waals surface area contributed by atoms with E-state index in [1.165, 1.54) is 0 Å². The fourth-order valence-electron chi connectivity index (χ4n) is 2.31. The highest BCUT2D eigenvalue weighted by molar-refractivity contribution is 7.09. The number of hydrogen-bond donors (Lipinski definition) is 1. The molecule has 1 aliphatic rings. The van der Waals surface area contributed by atoms with Crippen LogP contribution in [0.1, 0.15) is 24.1 Å². The number of nitrogens with zero attached hydrogens (tertiary/aromatic N) is 1. The first kappa shape index (κ1) is 15.0. The second kappa shape index (κ2) is 7.44. The lowest BCUT2D eigenvalue weighted by atomic mass is 10.1. The van der Waals surface area contributed by atoms with Gasteiger partial charge in [-0.2, -0.15) is 0 Å². The van der Waals surface area contributed by atoms with E-state index in [0.717, 1.165) is 24.3 Å². The molecule has 2 atom stereocenters. The van der Waals surface area contributed by atoms with Gasteiger partial charge in [0.15, 0.2) is 0 Å². The highest BCUT2D eigenvalue weighted by Crippen LogP contribution is 2.18. The maximum Gasteiger partial charge on any atom is 0.240 e. The van der Waals surface area contributed by atoms with Gasteiger partial charge in [0.05, 0.1) is 18.7 Å². The minimum atomic E-state index is -0.624. The van der Waals surface area contributed by atoms with Gasteiger partial charge in [-0.15, -0.1) is 23.7 Å². The van der Waals surface area contributed by atoms with E-state index in [4.69, 9.17) is 16.9 Å². The summed E-state index contributed by atoms with van der Waals surface area (Å²) in [5.74, 6) is 2.36. The van der Waals surface area contributed by atoms with E-state index in [1.54, 1.807) is 16.2 Å². The molecule has 0 radical (unpaired) electrons. The molecule has 0 aliphatic carbocycles. The van der Waals surface area contributed by atoms with Crippen LogP contribution in [-0.2, 0) is 16.1 Å². The van der Waals surface area contributed by atoms with Gasteiger partial charge < -0.3 is 15.4 Å². The van der Waals surface area contributed by atoms with Crippen LogP contribution in [0.4, 0.5) is 0 Å². The SMILES string of the molecule is C#CCC(N)C(=O)N(Cc1cccs1)CC1CCCO1.